The first-order valence-corrected chi connectivity index (χ1v) is 7.00. The molecular weight excluding hydrogens is 276 g/mol. The van der Waals surface area contributed by atoms with Gasteiger partial charge in [-0.2, -0.15) is 5.10 Å². The number of rotatable bonds is 6. The van der Waals surface area contributed by atoms with Gasteiger partial charge in [-0.15, -0.1) is 0 Å². The molecule has 1 unspecified atom stereocenters. The van der Waals surface area contributed by atoms with Crippen molar-refractivity contribution in [3.8, 4) is 0 Å². The summed E-state index contributed by atoms with van der Waals surface area (Å²) in [5, 5.41) is 15.9. The zero-order chi connectivity index (χ0) is 14.6. The summed E-state index contributed by atoms with van der Waals surface area (Å²) in [6.07, 6.45) is 2.47. The average Bonchev–Trinajstić information content (AvgIpc) is 2.82. The average molecular weight is 295 g/mol. The van der Waals surface area contributed by atoms with Gasteiger partial charge in [-0.05, 0) is 12.0 Å². The molecule has 0 bridgehead atoms. The summed E-state index contributed by atoms with van der Waals surface area (Å²) < 4.78 is 6.97. The second kappa shape index (κ2) is 6.39. The molecule has 0 radical (unpaired) electrons. The second-order valence-corrected chi connectivity index (χ2v) is 5.13. The van der Waals surface area contributed by atoms with Crippen molar-refractivity contribution in [1.29, 1.82) is 0 Å². The van der Waals surface area contributed by atoms with Crippen LogP contribution in [0.4, 0.5) is 0 Å². The lowest BCUT2D eigenvalue weighted by Crippen LogP contribution is -2.35. The third-order valence-electron chi connectivity index (χ3n) is 3.23. The van der Waals surface area contributed by atoms with E-state index in [4.69, 9.17) is 16.3 Å². The first kappa shape index (κ1) is 15.0. The van der Waals surface area contributed by atoms with E-state index in [1.807, 2.05) is 30.3 Å². The summed E-state index contributed by atoms with van der Waals surface area (Å²) in [6.45, 7) is 2.87. The molecule has 0 amide bonds. The number of nitrogens with zero attached hydrogens (tertiary/aromatic N) is 2. The van der Waals surface area contributed by atoms with Crippen LogP contribution in [-0.4, -0.2) is 28.6 Å². The maximum absolute atomic E-state index is 11.2. The summed E-state index contributed by atoms with van der Waals surface area (Å²) >= 11 is 6.25. The molecule has 0 saturated carbocycles. The Morgan fingerprint density at radius 3 is 2.65 bits per heavy atom. The third kappa shape index (κ3) is 2.73. The number of hydrogen-bond donors (Lipinski definition) is 1. The van der Waals surface area contributed by atoms with Crippen molar-refractivity contribution in [1.82, 2.24) is 9.78 Å². The first-order chi connectivity index (χ1) is 9.63. The highest BCUT2D eigenvalue weighted by atomic mass is 35.5. The van der Waals surface area contributed by atoms with Crippen molar-refractivity contribution in [2.45, 2.75) is 25.5 Å². The molecule has 108 valence electrons. The SMILES string of the molecule is CCCn1ncc(Cl)c1C(O)(COC)c1ccccc1. The van der Waals surface area contributed by atoms with Gasteiger partial charge in [0.2, 0.25) is 0 Å². The highest BCUT2D eigenvalue weighted by Gasteiger charge is 2.37. The molecule has 1 heterocycles. The predicted octanol–water partition coefficient (Wildman–Crippen LogP) is 2.83. The van der Waals surface area contributed by atoms with E-state index < -0.39 is 5.60 Å². The number of hydrogen-bond acceptors (Lipinski definition) is 3. The van der Waals surface area contributed by atoms with Gasteiger partial charge in [0.15, 0.2) is 5.60 Å². The normalized spacial score (nSPS) is 14.2. The molecule has 2 rings (SSSR count). The molecule has 1 atom stereocenters. The molecule has 5 heteroatoms. The molecule has 0 saturated heterocycles. The molecule has 0 aliphatic rings. The third-order valence-corrected chi connectivity index (χ3v) is 3.50. The van der Waals surface area contributed by atoms with Gasteiger partial charge in [-0.25, -0.2) is 0 Å². The Kier molecular flexibility index (Phi) is 4.81. The number of aliphatic hydroxyl groups is 1. The summed E-state index contributed by atoms with van der Waals surface area (Å²) in [4.78, 5) is 0. The lowest BCUT2D eigenvalue weighted by atomic mass is 9.91. The number of methoxy groups -OCH3 is 1. The lowest BCUT2D eigenvalue weighted by Gasteiger charge is -2.29. The van der Waals surface area contributed by atoms with Crippen molar-refractivity contribution in [2.75, 3.05) is 13.7 Å². The fraction of sp³-hybridized carbons (Fsp3) is 0.400. The number of aryl methyl sites for hydroxylation is 1. The quantitative estimate of drug-likeness (QED) is 0.891. The fourth-order valence-electron chi connectivity index (χ4n) is 2.37. The first-order valence-electron chi connectivity index (χ1n) is 6.62. The Bertz CT molecular complexity index is 556. The van der Waals surface area contributed by atoms with Crippen LogP contribution in [0.1, 0.15) is 24.6 Å². The molecule has 4 nitrogen and oxygen atoms in total. The maximum atomic E-state index is 11.2. The van der Waals surface area contributed by atoms with Crippen LogP contribution in [0.3, 0.4) is 0 Å². The van der Waals surface area contributed by atoms with Gasteiger partial charge in [0, 0.05) is 13.7 Å². The van der Waals surface area contributed by atoms with Gasteiger partial charge in [-0.1, -0.05) is 48.9 Å². The standard InChI is InChI=1S/C15H19ClN2O2/c1-3-9-18-14(13(16)10-17-18)15(19,11-20-2)12-7-5-4-6-8-12/h4-8,10,19H,3,9,11H2,1-2H3. The molecular formula is C15H19ClN2O2. The molecule has 0 fully saturated rings. The monoisotopic (exact) mass is 294 g/mol. The number of halogens is 1. The maximum Gasteiger partial charge on any atom is 0.156 e. The minimum absolute atomic E-state index is 0.117. The minimum atomic E-state index is -1.31. The molecule has 1 N–H and O–H groups in total. The molecule has 0 spiro atoms. The topological polar surface area (TPSA) is 47.3 Å². The molecule has 1 aromatic heterocycles. The van der Waals surface area contributed by atoms with Crippen LogP contribution in [0.5, 0.6) is 0 Å². The zero-order valence-corrected chi connectivity index (χ0v) is 12.5. The van der Waals surface area contributed by atoms with Crippen molar-refractivity contribution in [3.63, 3.8) is 0 Å². The van der Waals surface area contributed by atoms with E-state index >= 15 is 0 Å². The molecule has 1 aromatic carbocycles. The van der Waals surface area contributed by atoms with Gasteiger partial charge in [-0.3, -0.25) is 4.68 Å². The van der Waals surface area contributed by atoms with Crippen LogP contribution in [0.2, 0.25) is 5.02 Å². The number of aromatic nitrogens is 2. The van der Waals surface area contributed by atoms with Crippen LogP contribution in [0.15, 0.2) is 36.5 Å². The lowest BCUT2D eigenvalue weighted by molar-refractivity contribution is -0.00958. The predicted molar refractivity (Wildman–Crippen MR) is 78.8 cm³/mol. The van der Waals surface area contributed by atoms with Gasteiger partial charge in [0.25, 0.3) is 0 Å². The van der Waals surface area contributed by atoms with E-state index in [1.54, 1.807) is 18.0 Å². The summed E-state index contributed by atoms with van der Waals surface area (Å²) in [5.74, 6) is 0. The molecule has 20 heavy (non-hydrogen) atoms. The van der Waals surface area contributed by atoms with E-state index in [1.165, 1.54) is 0 Å². The Balaban J connectivity index is 2.56. The fourth-order valence-corrected chi connectivity index (χ4v) is 2.66. The van der Waals surface area contributed by atoms with E-state index in [-0.39, 0.29) is 6.61 Å². The van der Waals surface area contributed by atoms with E-state index in [0.717, 1.165) is 12.0 Å². The van der Waals surface area contributed by atoms with Crippen LogP contribution in [0, 0.1) is 0 Å². The summed E-state index contributed by atoms with van der Waals surface area (Å²) in [7, 11) is 1.56. The van der Waals surface area contributed by atoms with Gasteiger partial charge in [0.05, 0.1) is 23.5 Å². The molecule has 2 aromatic rings. The van der Waals surface area contributed by atoms with Gasteiger partial charge in [0.1, 0.15) is 0 Å². The van der Waals surface area contributed by atoms with E-state index in [9.17, 15) is 5.11 Å². The number of benzene rings is 1. The molecule has 0 aliphatic heterocycles. The van der Waals surface area contributed by atoms with E-state index in [0.29, 0.717) is 17.3 Å². The number of ether oxygens (including phenoxy) is 1. The largest absolute Gasteiger partial charge is 0.381 e. The van der Waals surface area contributed by atoms with Crippen LogP contribution < -0.4 is 0 Å². The Labute approximate surface area is 123 Å². The summed E-state index contributed by atoms with van der Waals surface area (Å²) in [6, 6.07) is 9.38. The van der Waals surface area contributed by atoms with Crippen molar-refractivity contribution in [2.24, 2.45) is 0 Å². The van der Waals surface area contributed by atoms with Crippen molar-refractivity contribution < 1.29 is 9.84 Å². The smallest absolute Gasteiger partial charge is 0.156 e. The van der Waals surface area contributed by atoms with Crippen LogP contribution in [-0.2, 0) is 16.9 Å². The van der Waals surface area contributed by atoms with Gasteiger partial charge >= 0.3 is 0 Å². The minimum Gasteiger partial charge on any atom is -0.381 e. The Morgan fingerprint density at radius 2 is 2.05 bits per heavy atom. The van der Waals surface area contributed by atoms with Crippen LogP contribution >= 0.6 is 11.6 Å². The Hall–Kier alpha value is -1.36. The zero-order valence-electron chi connectivity index (χ0n) is 11.7. The summed E-state index contributed by atoms with van der Waals surface area (Å²) in [5.41, 5.74) is 0.00865. The van der Waals surface area contributed by atoms with Gasteiger partial charge < -0.3 is 9.84 Å². The Morgan fingerprint density at radius 1 is 1.35 bits per heavy atom. The second-order valence-electron chi connectivity index (χ2n) is 4.72. The van der Waals surface area contributed by atoms with E-state index in [2.05, 4.69) is 12.0 Å². The van der Waals surface area contributed by atoms with Crippen molar-refractivity contribution in [3.05, 3.63) is 52.8 Å². The highest BCUT2D eigenvalue weighted by molar-refractivity contribution is 6.31. The molecule has 0 aliphatic carbocycles. The van der Waals surface area contributed by atoms with Crippen LogP contribution in [0.25, 0.3) is 0 Å². The van der Waals surface area contributed by atoms with Crippen molar-refractivity contribution >= 4 is 11.6 Å². The highest BCUT2D eigenvalue weighted by Crippen LogP contribution is 2.34.